The number of rotatable bonds is 3. The van der Waals surface area contributed by atoms with Gasteiger partial charge in [0.25, 0.3) is 0 Å². The highest BCUT2D eigenvalue weighted by Gasteiger charge is 2.22. The average Bonchev–Trinajstić information content (AvgIpc) is 2.98. The van der Waals surface area contributed by atoms with Crippen molar-refractivity contribution in [1.29, 1.82) is 0 Å². The summed E-state index contributed by atoms with van der Waals surface area (Å²) in [6, 6.07) is 14.8. The molecule has 124 valence electrons. The molecule has 4 heteroatoms. The minimum absolute atomic E-state index is 0.0917. The van der Waals surface area contributed by atoms with Gasteiger partial charge in [-0.1, -0.05) is 36.4 Å². The van der Waals surface area contributed by atoms with Crippen LogP contribution in [0.15, 0.2) is 42.5 Å². The summed E-state index contributed by atoms with van der Waals surface area (Å²) in [5.74, 6) is 0.0917. The molecule has 1 N–H and O–H groups in total. The number of amides is 1. The van der Waals surface area contributed by atoms with Gasteiger partial charge in [0.1, 0.15) is 0 Å². The van der Waals surface area contributed by atoms with Crippen molar-refractivity contribution in [1.82, 2.24) is 9.80 Å². The fraction of sp³-hybridized carbons (Fsp3) is 0.350. The van der Waals surface area contributed by atoms with Gasteiger partial charge in [0.05, 0.1) is 6.42 Å². The van der Waals surface area contributed by atoms with Crippen molar-refractivity contribution in [3.63, 3.8) is 0 Å². The molecule has 0 aliphatic carbocycles. The fourth-order valence-electron chi connectivity index (χ4n) is 3.67. The van der Waals surface area contributed by atoms with Gasteiger partial charge in [-0.2, -0.15) is 0 Å². The summed E-state index contributed by atoms with van der Waals surface area (Å²) >= 11 is 0. The Bertz CT molecular complexity index is 763. The van der Waals surface area contributed by atoms with E-state index in [1.807, 2.05) is 12.1 Å². The first-order chi connectivity index (χ1) is 11.7. The number of hydrogen-bond acceptors (Lipinski definition) is 3. The number of piperazine rings is 1. The lowest BCUT2D eigenvalue weighted by atomic mass is 9.93. The fourth-order valence-corrected chi connectivity index (χ4v) is 3.67. The van der Waals surface area contributed by atoms with Crippen molar-refractivity contribution >= 4 is 11.6 Å². The van der Waals surface area contributed by atoms with Crippen LogP contribution in [-0.2, 0) is 17.8 Å². The summed E-state index contributed by atoms with van der Waals surface area (Å²) in [7, 11) is 2.18. The third-order valence-electron chi connectivity index (χ3n) is 5.08. The maximum atomic E-state index is 11.8. The third kappa shape index (κ3) is 2.95. The third-order valence-corrected chi connectivity index (χ3v) is 5.08. The van der Waals surface area contributed by atoms with E-state index < -0.39 is 0 Å². The molecule has 0 aromatic heterocycles. The van der Waals surface area contributed by atoms with Crippen LogP contribution in [0.25, 0.3) is 11.1 Å². The highest BCUT2D eigenvalue weighted by atomic mass is 16.1. The SMILES string of the molecule is CN1CCN(Cc2ccccc2-c2cccc3c2CC(=O)N3)CC1. The normalized spacial score (nSPS) is 18.5. The van der Waals surface area contributed by atoms with E-state index in [0.29, 0.717) is 6.42 Å². The van der Waals surface area contributed by atoms with Crippen LogP contribution in [0.2, 0.25) is 0 Å². The van der Waals surface area contributed by atoms with E-state index >= 15 is 0 Å². The van der Waals surface area contributed by atoms with Crippen LogP contribution in [0.3, 0.4) is 0 Å². The molecule has 2 aromatic carbocycles. The maximum Gasteiger partial charge on any atom is 0.228 e. The van der Waals surface area contributed by atoms with Crippen molar-refractivity contribution in [3.8, 4) is 11.1 Å². The molecule has 2 heterocycles. The molecule has 2 aliphatic rings. The van der Waals surface area contributed by atoms with Gasteiger partial charge in [0.2, 0.25) is 5.91 Å². The summed E-state index contributed by atoms with van der Waals surface area (Å²) in [5, 5.41) is 2.96. The van der Waals surface area contributed by atoms with E-state index in [9.17, 15) is 4.79 Å². The summed E-state index contributed by atoms with van der Waals surface area (Å²) in [6.45, 7) is 5.44. The first kappa shape index (κ1) is 15.4. The molecule has 0 atom stereocenters. The molecular formula is C20H23N3O. The molecule has 1 fully saturated rings. The number of nitrogens with zero attached hydrogens (tertiary/aromatic N) is 2. The number of likely N-dealkylation sites (N-methyl/N-ethyl adjacent to an activating group) is 1. The number of fused-ring (bicyclic) bond motifs is 1. The van der Waals surface area contributed by atoms with E-state index in [0.717, 1.165) is 44.0 Å². The van der Waals surface area contributed by atoms with Gasteiger partial charge < -0.3 is 10.2 Å². The molecule has 4 rings (SSSR count). The minimum atomic E-state index is 0.0917. The molecular weight excluding hydrogens is 298 g/mol. The van der Waals surface area contributed by atoms with Crippen LogP contribution in [0, 0.1) is 0 Å². The lowest BCUT2D eigenvalue weighted by Crippen LogP contribution is -2.43. The smallest absolute Gasteiger partial charge is 0.228 e. The van der Waals surface area contributed by atoms with E-state index in [4.69, 9.17) is 0 Å². The first-order valence-electron chi connectivity index (χ1n) is 8.61. The van der Waals surface area contributed by atoms with Crippen molar-refractivity contribution in [2.45, 2.75) is 13.0 Å². The van der Waals surface area contributed by atoms with Gasteiger partial charge in [-0.15, -0.1) is 0 Å². The molecule has 2 aromatic rings. The van der Waals surface area contributed by atoms with Gasteiger partial charge in [-0.25, -0.2) is 0 Å². The zero-order chi connectivity index (χ0) is 16.5. The Morgan fingerprint density at radius 2 is 1.71 bits per heavy atom. The van der Waals surface area contributed by atoms with E-state index in [-0.39, 0.29) is 5.91 Å². The lowest BCUT2D eigenvalue weighted by Gasteiger charge is -2.32. The number of carbonyl (C=O) groups is 1. The Balaban J connectivity index is 1.66. The molecule has 0 bridgehead atoms. The Kier molecular flexibility index (Phi) is 4.08. The van der Waals surface area contributed by atoms with Crippen LogP contribution in [0.1, 0.15) is 11.1 Å². The van der Waals surface area contributed by atoms with Gasteiger partial charge in [-0.05, 0) is 35.4 Å². The van der Waals surface area contributed by atoms with Gasteiger partial charge >= 0.3 is 0 Å². The highest BCUT2D eigenvalue weighted by molar-refractivity contribution is 6.02. The molecule has 2 aliphatic heterocycles. The van der Waals surface area contributed by atoms with E-state index in [1.54, 1.807) is 0 Å². The van der Waals surface area contributed by atoms with Crippen molar-refractivity contribution in [2.75, 3.05) is 38.5 Å². The van der Waals surface area contributed by atoms with Crippen LogP contribution < -0.4 is 5.32 Å². The standard InChI is InChI=1S/C20H23N3O/c1-22-9-11-23(12-10-22)14-15-5-2-3-6-16(15)17-7-4-8-19-18(17)13-20(24)21-19/h2-8H,9-14H2,1H3,(H,21,24). The number of hydrogen-bond donors (Lipinski definition) is 1. The predicted molar refractivity (Wildman–Crippen MR) is 97.0 cm³/mol. The highest BCUT2D eigenvalue weighted by Crippen LogP contribution is 2.35. The first-order valence-corrected chi connectivity index (χ1v) is 8.61. The molecule has 4 nitrogen and oxygen atoms in total. The maximum absolute atomic E-state index is 11.8. The van der Waals surface area contributed by atoms with E-state index in [2.05, 4.69) is 52.5 Å². The second-order valence-electron chi connectivity index (χ2n) is 6.79. The number of nitrogens with one attached hydrogen (secondary N) is 1. The molecule has 24 heavy (non-hydrogen) atoms. The van der Waals surface area contributed by atoms with Crippen molar-refractivity contribution in [2.24, 2.45) is 0 Å². The largest absolute Gasteiger partial charge is 0.326 e. The molecule has 0 saturated carbocycles. The van der Waals surface area contributed by atoms with E-state index in [1.165, 1.54) is 16.7 Å². The summed E-state index contributed by atoms with van der Waals surface area (Å²) < 4.78 is 0. The number of anilines is 1. The Labute approximate surface area is 143 Å². The molecule has 0 spiro atoms. The zero-order valence-electron chi connectivity index (χ0n) is 14.1. The quantitative estimate of drug-likeness (QED) is 0.944. The zero-order valence-corrected chi connectivity index (χ0v) is 14.1. The van der Waals surface area contributed by atoms with Crippen molar-refractivity contribution < 1.29 is 4.79 Å². The second kappa shape index (κ2) is 6.38. The molecule has 1 saturated heterocycles. The summed E-state index contributed by atoms with van der Waals surface area (Å²) in [6.07, 6.45) is 0.481. The van der Waals surface area contributed by atoms with Crippen LogP contribution in [0.5, 0.6) is 0 Å². The summed E-state index contributed by atoms with van der Waals surface area (Å²) in [5.41, 5.74) is 5.88. The van der Waals surface area contributed by atoms with Gasteiger partial charge in [-0.3, -0.25) is 9.69 Å². The monoisotopic (exact) mass is 321 g/mol. The predicted octanol–water partition coefficient (Wildman–Crippen LogP) is 2.60. The molecule has 1 amide bonds. The number of carbonyl (C=O) groups excluding carboxylic acids is 1. The van der Waals surface area contributed by atoms with Crippen LogP contribution >= 0.6 is 0 Å². The molecule has 0 unspecified atom stereocenters. The van der Waals surface area contributed by atoms with Gasteiger partial charge in [0.15, 0.2) is 0 Å². The Morgan fingerprint density at radius 1 is 0.958 bits per heavy atom. The number of benzene rings is 2. The Hall–Kier alpha value is -2.17. The van der Waals surface area contributed by atoms with Crippen LogP contribution in [-0.4, -0.2) is 48.9 Å². The average molecular weight is 321 g/mol. The second-order valence-corrected chi connectivity index (χ2v) is 6.79. The Morgan fingerprint density at radius 3 is 2.54 bits per heavy atom. The van der Waals surface area contributed by atoms with Crippen LogP contribution in [0.4, 0.5) is 5.69 Å². The minimum Gasteiger partial charge on any atom is -0.326 e. The molecule has 0 radical (unpaired) electrons. The van der Waals surface area contributed by atoms with Crippen molar-refractivity contribution in [3.05, 3.63) is 53.6 Å². The topological polar surface area (TPSA) is 35.6 Å². The summed E-state index contributed by atoms with van der Waals surface area (Å²) in [4.78, 5) is 16.7. The van der Waals surface area contributed by atoms with Gasteiger partial charge in [0, 0.05) is 38.4 Å². The lowest BCUT2D eigenvalue weighted by molar-refractivity contribution is -0.115.